The molecule has 1 amide bonds. The fourth-order valence-corrected chi connectivity index (χ4v) is 1.70. The quantitative estimate of drug-likeness (QED) is 0.910. The molecule has 21 heavy (non-hydrogen) atoms. The van der Waals surface area contributed by atoms with Gasteiger partial charge < -0.3 is 15.8 Å². The zero-order valence-electron chi connectivity index (χ0n) is 10.8. The summed E-state index contributed by atoms with van der Waals surface area (Å²) in [6, 6.07) is 5.20. The highest BCUT2D eigenvalue weighted by Gasteiger charge is 2.32. The van der Waals surface area contributed by atoms with Crippen molar-refractivity contribution in [3.05, 3.63) is 36.2 Å². The Bertz CT molecular complexity index is 647. The monoisotopic (exact) mass is 300 g/mol. The molecule has 0 unspecified atom stereocenters. The first kappa shape index (κ1) is 14.7. The molecule has 112 valence electrons. The van der Waals surface area contributed by atoms with E-state index in [1.165, 1.54) is 36.1 Å². The normalized spacial score (nSPS) is 11.2. The van der Waals surface area contributed by atoms with E-state index in [0.717, 1.165) is 6.07 Å². The Morgan fingerprint density at radius 1 is 1.38 bits per heavy atom. The summed E-state index contributed by atoms with van der Waals surface area (Å²) in [5.74, 6) is -1.20. The number of alkyl halides is 3. The fourth-order valence-electron chi connectivity index (χ4n) is 1.70. The van der Waals surface area contributed by atoms with Gasteiger partial charge in [0, 0.05) is 7.05 Å². The number of nitrogen functional groups attached to an aromatic ring is 1. The number of aryl methyl sites for hydroxylation is 1. The molecule has 3 N–H and O–H groups in total. The predicted octanol–water partition coefficient (Wildman–Crippen LogP) is 2.15. The van der Waals surface area contributed by atoms with Crippen molar-refractivity contribution < 1.29 is 22.7 Å². The number of carbonyl (C=O) groups excluding carboxylic acids is 1. The van der Waals surface area contributed by atoms with Crippen molar-refractivity contribution in [1.29, 1.82) is 0 Å². The number of halogens is 3. The topological polar surface area (TPSA) is 82.2 Å². The third kappa shape index (κ3) is 3.44. The van der Waals surface area contributed by atoms with Crippen LogP contribution in [0, 0.1) is 0 Å². The van der Waals surface area contributed by atoms with Gasteiger partial charge in [-0.15, -0.1) is 13.2 Å². The second kappa shape index (κ2) is 5.35. The number of para-hydroxylation sites is 2. The second-order valence-corrected chi connectivity index (χ2v) is 4.07. The third-order valence-corrected chi connectivity index (χ3v) is 2.54. The number of benzene rings is 1. The number of rotatable bonds is 3. The Balaban J connectivity index is 2.26. The van der Waals surface area contributed by atoms with Gasteiger partial charge in [0.05, 0.1) is 17.6 Å². The van der Waals surface area contributed by atoms with Crippen LogP contribution in [0.2, 0.25) is 0 Å². The van der Waals surface area contributed by atoms with Crippen molar-refractivity contribution >= 4 is 17.3 Å². The molecule has 1 heterocycles. The molecule has 0 aliphatic heterocycles. The van der Waals surface area contributed by atoms with E-state index in [2.05, 4.69) is 15.2 Å². The summed E-state index contributed by atoms with van der Waals surface area (Å²) >= 11 is 0. The van der Waals surface area contributed by atoms with E-state index in [9.17, 15) is 18.0 Å². The van der Waals surface area contributed by atoms with Crippen LogP contribution in [-0.4, -0.2) is 22.1 Å². The molecule has 1 aromatic carbocycles. The average molecular weight is 300 g/mol. The van der Waals surface area contributed by atoms with Crippen molar-refractivity contribution in [2.45, 2.75) is 6.36 Å². The summed E-state index contributed by atoms with van der Waals surface area (Å²) in [6.45, 7) is 0. The van der Waals surface area contributed by atoms with Gasteiger partial charge in [-0.05, 0) is 12.1 Å². The molecule has 0 fully saturated rings. The van der Waals surface area contributed by atoms with E-state index in [-0.39, 0.29) is 17.1 Å². The molecule has 0 atom stereocenters. The van der Waals surface area contributed by atoms with E-state index in [1.807, 2.05) is 0 Å². The smallest absolute Gasteiger partial charge is 0.404 e. The first-order valence-corrected chi connectivity index (χ1v) is 5.71. The van der Waals surface area contributed by atoms with Crippen molar-refractivity contribution in [1.82, 2.24) is 9.78 Å². The molecule has 9 heteroatoms. The van der Waals surface area contributed by atoms with E-state index >= 15 is 0 Å². The van der Waals surface area contributed by atoms with Crippen LogP contribution in [0.15, 0.2) is 30.5 Å². The molecule has 1 aromatic heterocycles. The molecule has 2 rings (SSSR count). The van der Waals surface area contributed by atoms with Crippen LogP contribution in [0.3, 0.4) is 0 Å². The first-order chi connectivity index (χ1) is 9.78. The molecular formula is C12H11F3N4O2. The number of nitrogens with zero attached hydrogens (tertiary/aromatic N) is 2. The Hall–Kier alpha value is -2.71. The van der Waals surface area contributed by atoms with Gasteiger partial charge in [-0.25, -0.2) is 0 Å². The molecule has 2 aromatic rings. The number of carbonyl (C=O) groups is 1. The van der Waals surface area contributed by atoms with E-state index in [0.29, 0.717) is 0 Å². The number of hydrogen-bond acceptors (Lipinski definition) is 4. The Kier molecular flexibility index (Phi) is 3.74. The molecule has 0 saturated heterocycles. The number of amides is 1. The van der Waals surface area contributed by atoms with Crippen LogP contribution in [0.5, 0.6) is 5.75 Å². The molecule has 6 nitrogen and oxygen atoms in total. The summed E-state index contributed by atoms with van der Waals surface area (Å²) in [4.78, 5) is 12.0. The second-order valence-electron chi connectivity index (χ2n) is 4.07. The number of ether oxygens (including phenoxy) is 1. The zero-order chi connectivity index (χ0) is 15.6. The van der Waals surface area contributed by atoms with Gasteiger partial charge in [-0.1, -0.05) is 12.1 Å². The van der Waals surface area contributed by atoms with Crippen LogP contribution in [-0.2, 0) is 7.05 Å². The van der Waals surface area contributed by atoms with Crippen molar-refractivity contribution in [3.63, 3.8) is 0 Å². The molecular weight excluding hydrogens is 289 g/mol. The lowest BCUT2D eigenvalue weighted by atomic mass is 10.2. The largest absolute Gasteiger partial charge is 0.573 e. The molecule has 0 saturated carbocycles. The van der Waals surface area contributed by atoms with E-state index < -0.39 is 18.0 Å². The SMILES string of the molecule is Cn1ncc(N)c1C(=O)Nc1ccccc1OC(F)(F)F. The van der Waals surface area contributed by atoms with Gasteiger partial charge in [-0.3, -0.25) is 9.48 Å². The number of aromatic nitrogens is 2. The van der Waals surface area contributed by atoms with Crippen LogP contribution >= 0.6 is 0 Å². The summed E-state index contributed by atoms with van der Waals surface area (Å²) < 4.78 is 41.9. The average Bonchev–Trinajstić information content (AvgIpc) is 2.70. The van der Waals surface area contributed by atoms with Gasteiger partial charge in [0.2, 0.25) is 0 Å². The standard InChI is InChI=1S/C12H11F3N4O2/c1-19-10(7(16)6-17-19)11(20)18-8-4-2-3-5-9(8)21-12(13,14)15/h2-6H,16H2,1H3,(H,18,20). The van der Waals surface area contributed by atoms with Crippen molar-refractivity contribution in [2.75, 3.05) is 11.1 Å². The highest BCUT2D eigenvalue weighted by molar-refractivity contribution is 6.07. The predicted molar refractivity (Wildman–Crippen MR) is 68.7 cm³/mol. The summed E-state index contributed by atoms with van der Waals surface area (Å²) in [5, 5.41) is 6.09. The maximum atomic E-state index is 12.3. The van der Waals surface area contributed by atoms with Crippen LogP contribution < -0.4 is 15.8 Å². The number of hydrogen-bond donors (Lipinski definition) is 2. The van der Waals surface area contributed by atoms with E-state index in [4.69, 9.17) is 5.73 Å². The van der Waals surface area contributed by atoms with Crippen molar-refractivity contribution in [3.8, 4) is 5.75 Å². The Labute approximate surface area is 117 Å². The summed E-state index contributed by atoms with van der Waals surface area (Å²) in [5.41, 5.74) is 5.61. The maximum absolute atomic E-state index is 12.3. The lowest BCUT2D eigenvalue weighted by Gasteiger charge is -2.14. The number of anilines is 2. The van der Waals surface area contributed by atoms with Crippen LogP contribution in [0.25, 0.3) is 0 Å². The van der Waals surface area contributed by atoms with Gasteiger partial charge in [0.15, 0.2) is 5.75 Å². The minimum absolute atomic E-state index is 0.0387. The lowest BCUT2D eigenvalue weighted by molar-refractivity contribution is -0.274. The maximum Gasteiger partial charge on any atom is 0.573 e. The Morgan fingerprint density at radius 3 is 2.62 bits per heavy atom. The summed E-state index contributed by atoms with van der Waals surface area (Å²) in [6.07, 6.45) is -3.58. The van der Waals surface area contributed by atoms with Gasteiger partial charge in [0.1, 0.15) is 5.69 Å². The van der Waals surface area contributed by atoms with Crippen LogP contribution in [0.4, 0.5) is 24.5 Å². The number of nitrogens with two attached hydrogens (primary N) is 1. The molecule has 0 aliphatic rings. The minimum Gasteiger partial charge on any atom is -0.404 e. The van der Waals surface area contributed by atoms with Gasteiger partial charge >= 0.3 is 6.36 Å². The van der Waals surface area contributed by atoms with Gasteiger partial charge in [0.25, 0.3) is 5.91 Å². The van der Waals surface area contributed by atoms with Crippen LogP contribution in [0.1, 0.15) is 10.5 Å². The lowest BCUT2D eigenvalue weighted by Crippen LogP contribution is -2.21. The zero-order valence-corrected chi connectivity index (χ0v) is 10.8. The highest BCUT2D eigenvalue weighted by atomic mass is 19.4. The number of nitrogens with one attached hydrogen (secondary N) is 1. The van der Waals surface area contributed by atoms with E-state index in [1.54, 1.807) is 0 Å². The van der Waals surface area contributed by atoms with Crippen molar-refractivity contribution in [2.24, 2.45) is 7.05 Å². The minimum atomic E-state index is -4.85. The molecule has 0 bridgehead atoms. The molecule has 0 aliphatic carbocycles. The van der Waals surface area contributed by atoms with Gasteiger partial charge in [-0.2, -0.15) is 5.10 Å². The first-order valence-electron chi connectivity index (χ1n) is 5.71. The Morgan fingerprint density at radius 2 is 2.05 bits per heavy atom. The summed E-state index contributed by atoms with van der Waals surface area (Å²) in [7, 11) is 1.49. The molecule has 0 radical (unpaired) electrons. The highest BCUT2D eigenvalue weighted by Crippen LogP contribution is 2.30. The fraction of sp³-hybridized carbons (Fsp3) is 0.167. The molecule has 0 spiro atoms. The third-order valence-electron chi connectivity index (χ3n) is 2.54.